The first-order valence-corrected chi connectivity index (χ1v) is 8.03. The van der Waals surface area contributed by atoms with Crippen LogP contribution >= 0.6 is 11.8 Å². The lowest BCUT2D eigenvalue weighted by molar-refractivity contribution is -0.137. The van der Waals surface area contributed by atoms with Gasteiger partial charge in [0.1, 0.15) is 5.75 Å². The molecule has 5 heteroatoms. The van der Waals surface area contributed by atoms with Crippen LogP contribution in [0, 0.1) is 0 Å². The molecular weight excluding hydrogens is 297 g/mol. The maximum atomic E-state index is 13.0. The molecule has 0 radical (unpaired) electrons. The first-order chi connectivity index (χ1) is 9.95. The van der Waals surface area contributed by atoms with Crippen LogP contribution < -0.4 is 4.74 Å². The third-order valence-electron chi connectivity index (χ3n) is 4.06. The Bertz CT molecular complexity index is 565. The first kappa shape index (κ1) is 14.8. The van der Waals surface area contributed by atoms with Gasteiger partial charge in [0.05, 0.1) is 12.7 Å². The third-order valence-corrected chi connectivity index (χ3v) is 5.57. The monoisotopic (exact) mass is 314 g/mol. The fraction of sp³-hybridized carbons (Fsp3) is 0.500. The number of hydrogen-bond donors (Lipinski definition) is 0. The van der Waals surface area contributed by atoms with Crippen LogP contribution in [0.4, 0.5) is 13.2 Å². The number of benzene rings is 1. The van der Waals surface area contributed by atoms with Crippen molar-refractivity contribution in [2.24, 2.45) is 0 Å². The van der Waals surface area contributed by atoms with E-state index in [1.165, 1.54) is 19.6 Å². The Hall–Kier alpha value is -1.10. The minimum Gasteiger partial charge on any atom is -0.497 e. The summed E-state index contributed by atoms with van der Waals surface area (Å²) >= 11 is 1.96. The van der Waals surface area contributed by atoms with Crippen molar-refractivity contribution in [3.05, 3.63) is 35.4 Å². The molecule has 1 aromatic carbocycles. The first-order valence-electron chi connectivity index (χ1n) is 7.08. The zero-order chi connectivity index (χ0) is 15.0. The quantitative estimate of drug-likeness (QED) is 0.746. The molecular formula is C16H17F3OS. The molecule has 2 heterocycles. The summed E-state index contributed by atoms with van der Waals surface area (Å²) < 4.78 is 44.1. The van der Waals surface area contributed by atoms with Crippen LogP contribution in [0.1, 0.15) is 36.8 Å². The number of halogens is 3. The molecule has 1 aromatic rings. The SMILES string of the molecule is COc1cc(C2=CC3CCCC(C2)S3)cc(C(F)(F)F)c1. The van der Waals surface area contributed by atoms with Crippen molar-refractivity contribution < 1.29 is 17.9 Å². The summed E-state index contributed by atoms with van der Waals surface area (Å²) in [4.78, 5) is 0. The van der Waals surface area contributed by atoms with E-state index in [0.717, 1.165) is 30.9 Å². The van der Waals surface area contributed by atoms with Crippen LogP contribution in [0.3, 0.4) is 0 Å². The highest BCUT2D eigenvalue weighted by molar-refractivity contribution is 8.00. The predicted molar refractivity (Wildman–Crippen MR) is 79.6 cm³/mol. The number of ether oxygens (including phenoxy) is 1. The molecule has 0 amide bonds. The van der Waals surface area contributed by atoms with Gasteiger partial charge in [-0.05, 0) is 48.6 Å². The van der Waals surface area contributed by atoms with Gasteiger partial charge in [-0.2, -0.15) is 24.9 Å². The van der Waals surface area contributed by atoms with Gasteiger partial charge in [-0.3, -0.25) is 0 Å². The molecule has 1 nitrogen and oxygen atoms in total. The summed E-state index contributed by atoms with van der Waals surface area (Å²) in [5, 5.41) is 0.998. The minimum absolute atomic E-state index is 0.268. The highest BCUT2D eigenvalue weighted by atomic mass is 32.2. The molecule has 3 rings (SSSR count). The van der Waals surface area contributed by atoms with E-state index in [2.05, 4.69) is 6.08 Å². The second-order valence-corrected chi connectivity index (χ2v) is 7.12. The van der Waals surface area contributed by atoms with E-state index in [1.807, 2.05) is 11.8 Å². The maximum absolute atomic E-state index is 13.0. The molecule has 2 aliphatic heterocycles. The Morgan fingerprint density at radius 2 is 2.00 bits per heavy atom. The van der Waals surface area contributed by atoms with Crippen LogP contribution in [0.5, 0.6) is 5.75 Å². The van der Waals surface area contributed by atoms with Crippen molar-refractivity contribution >= 4 is 17.3 Å². The van der Waals surface area contributed by atoms with Crippen molar-refractivity contribution in [3.8, 4) is 5.75 Å². The number of thioether (sulfide) groups is 1. The Morgan fingerprint density at radius 3 is 2.67 bits per heavy atom. The maximum Gasteiger partial charge on any atom is 0.416 e. The van der Waals surface area contributed by atoms with Crippen LogP contribution in [0.25, 0.3) is 5.57 Å². The molecule has 114 valence electrons. The van der Waals surface area contributed by atoms with E-state index < -0.39 is 11.7 Å². The van der Waals surface area contributed by atoms with Gasteiger partial charge in [-0.25, -0.2) is 0 Å². The average molecular weight is 314 g/mol. The van der Waals surface area contributed by atoms with E-state index in [4.69, 9.17) is 4.74 Å². The zero-order valence-electron chi connectivity index (χ0n) is 11.7. The summed E-state index contributed by atoms with van der Waals surface area (Å²) in [5.41, 5.74) is 1.05. The predicted octanol–water partition coefficient (Wildman–Crippen LogP) is 5.16. The number of methoxy groups -OCH3 is 1. The third kappa shape index (κ3) is 3.23. The zero-order valence-corrected chi connectivity index (χ0v) is 12.6. The van der Waals surface area contributed by atoms with Crippen LogP contribution in [0.2, 0.25) is 0 Å². The van der Waals surface area contributed by atoms with E-state index in [1.54, 1.807) is 6.07 Å². The molecule has 2 aliphatic rings. The number of allylic oxidation sites excluding steroid dienone is 1. The van der Waals surface area contributed by atoms with Crippen molar-refractivity contribution in [1.29, 1.82) is 0 Å². The number of fused-ring (bicyclic) bond motifs is 2. The highest BCUT2D eigenvalue weighted by Crippen LogP contribution is 2.44. The lowest BCUT2D eigenvalue weighted by atomic mass is 9.92. The summed E-state index contributed by atoms with van der Waals surface area (Å²) in [6.45, 7) is 0. The second-order valence-electron chi connectivity index (χ2n) is 5.57. The normalized spacial score (nSPS) is 25.4. The smallest absolute Gasteiger partial charge is 0.416 e. The van der Waals surface area contributed by atoms with Gasteiger partial charge < -0.3 is 4.74 Å². The Balaban J connectivity index is 1.99. The lowest BCUT2D eigenvalue weighted by Gasteiger charge is -2.33. The van der Waals surface area contributed by atoms with Gasteiger partial charge in [-0.1, -0.05) is 12.5 Å². The van der Waals surface area contributed by atoms with Crippen LogP contribution in [0.15, 0.2) is 24.3 Å². The summed E-state index contributed by atoms with van der Waals surface area (Å²) in [6, 6.07) is 4.02. The molecule has 2 bridgehead atoms. The van der Waals surface area contributed by atoms with E-state index in [-0.39, 0.29) is 5.75 Å². The molecule has 21 heavy (non-hydrogen) atoms. The molecule has 0 aliphatic carbocycles. The van der Waals surface area contributed by atoms with Crippen molar-refractivity contribution in [1.82, 2.24) is 0 Å². The molecule has 2 atom stereocenters. The average Bonchev–Trinajstić information content (AvgIpc) is 2.45. The summed E-state index contributed by atoms with van der Waals surface area (Å²) in [5.74, 6) is 0.268. The molecule has 0 N–H and O–H groups in total. The molecule has 1 fully saturated rings. The Morgan fingerprint density at radius 1 is 1.19 bits per heavy atom. The summed E-state index contributed by atoms with van der Waals surface area (Å²) in [7, 11) is 1.40. The minimum atomic E-state index is -4.34. The van der Waals surface area contributed by atoms with Gasteiger partial charge in [0.2, 0.25) is 0 Å². The fourth-order valence-electron chi connectivity index (χ4n) is 3.02. The molecule has 1 saturated heterocycles. The topological polar surface area (TPSA) is 9.23 Å². The van der Waals surface area contributed by atoms with E-state index in [0.29, 0.717) is 16.1 Å². The van der Waals surface area contributed by atoms with Crippen molar-refractivity contribution in [3.63, 3.8) is 0 Å². The fourth-order valence-corrected chi connectivity index (χ4v) is 4.64. The molecule has 0 spiro atoms. The van der Waals surface area contributed by atoms with Gasteiger partial charge in [0.15, 0.2) is 0 Å². The molecule has 0 aromatic heterocycles. The molecule has 0 saturated carbocycles. The van der Waals surface area contributed by atoms with Gasteiger partial charge in [0, 0.05) is 10.5 Å². The number of alkyl halides is 3. The van der Waals surface area contributed by atoms with Gasteiger partial charge in [0.25, 0.3) is 0 Å². The second kappa shape index (κ2) is 5.59. The Kier molecular flexibility index (Phi) is 3.95. The van der Waals surface area contributed by atoms with E-state index in [9.17, 15) is 13.2 Å². The van der Waals surface area contributed by atoms with Crippen LogP contribution in [-0.2, 0) is 6.18 Å². The lowest BCUT2D eigenvalue weighted by Crippen LogP contribution is -2.21. The summed E-state index contributed by atoms with van der Waals surface area (Å²) in [6.07, 6.45) is 2.16. The number of hydrogen-bond acceptors (Lipinski definition) is 2. The van der Waals surface area contributed by atoms with Crippen molar-refractivity contribution in [2.45, 2.75) is 42.4 Å². The Labute approximate surface area is 126 Å². The number of rotatable bonds is 2. The largest absolute Gasteiger partial charge is 0.497 e. The van der Waals surface area contributed by atoms with Crippen LogP contribution in [-0.4, -0.2) is 17.6 Å². The van der Waals surface area contributed by atoms with Crippen molar-refractivity contribution in [2.75, 3.05) is 7.11 Å². The highest BCUT2D eigenvalue weighted by Gasteiger charge is 2.33. The van der Waals surface area contributed by atoms with Gasteiger partial charge >= 0.3 is 6.18 Å². The molecule has 2 unspecified atom stereocenters. The standard InChI is InChI=1S/C16H17F3OS/c1-20-13-6-10(5-12(9-13)16(17,18)19)11-7-14-3-2-4-15(8-11)21-14/h5-7,9,14-15H,2-4,8H2,1H3. The van der Waals surface area contributed by atoms with E-state index >= 15 is 0 Å². The van der Waals surface area contributed by atoms with Gasteiger partial charge in [-0.15, -0.1) is 0 Å².